The van der Waals surface area contributed by atoms with Gasteiger partial charge in [0.25, 0.3) is 0 Å². The smallest absolute Gasteiger partial charge is 0.0642 e. The Balaban J connectivity index is 3.96. The van der Waals surface area contributed by atoms with Gasteiger partial charge >= 0.3 is 0 Å². The molecule has 0 saturated heterocycles. The van der Waals surface area contributed by atoms with E-state index in [0.29, 0.717) is 0 Å². The van der Waals surface area contributed by atoms with Crippen LogP contribution in [0.3, 0.4) is 0 Å². The number of hydrogen-bond acceptors (Lipinski definition) is 1. The monoisotopic (exact) mass is 158 g/mol. The van der Waals surface area contributed by atoms with Crippen molar-refractivity contribution in [2.45, 2.75) is 58.4 Å². The Labute approximate surface area is 70.0 Å². The van der Waals surface area contributed by atoms with Crippen LogP contribution in [0.2, 0.25) is 0 Å². The first-order valence-electron chi connectivity index (χ1n) is 4.61. The van der Waals surface area contributed by atoms with Crippen LogP contribution in [-0.2, 0) is 0 Å². The molecule has 0 aromatic rings. The Kier molecular flexibility index (Phi) is 5.51. The molecule has 0 unspecified atom stereocenters. The maximum Gasteiger partial charge on any atom is 0.0642 e. The van der Waals surface area contributed by atoms with Crippen LogP contribution in [-0.4, -0.2) is 10.7 Å². The van der Waals surface area contributed by atoms with E-state index < -0.39 is 0 Å². The van der Waals surface area contributed by atoms with Gasteiger partial charge in [0.05, 0.1) is 5.54 Å². The fourth-order valence-corrected chi connectivity index (χ4v) is 1.58. The molecule has 0 aliphatic heterocycles. The van der Waals surface area contributed by atoms with Crippen molar-refractivity contribution in [3.8, 4) is 0 Å². The second-order valence-corrected chi connectivity index (χ2v) is 3.18. The zero-order chi connectivity index (χ0) is 8.74. The van der Waals surface area contributed by atoms with Gasteiger partial charge in [-0.05, 0) is 19.3 Å². The highest BCUT2D eigenvalue weighted by atomic mass is 16.5. The van der Waals surface area contributed by atoms with Crippen LogP contribution in [0.25, 0.3) is 0 Å². The third kappa shape index (κ3) is 3.21. The molecule has 0 amide bonds. The third-order valence-corrected chi connectivity index (χ3v) is 2.30. The van der Waals surface area contributed by atoms with Crippen molar-refractivity contribution in [2.75, 3.05) is 0 Å². The highest BCUT2D eigenvalue weighted by molar-refractivity contribution is 4.81. The third-order valence-electron chi connectivity index (χ3n) is 2.30. The average molecular weight is 158 g/mol. The molecule has 0 bridgehead atoms. The first-order valence-corrected chi connectivity index (χ1v) is 4.61. The van der Waals surface area contributed by atoms with Crippen LogP contribution >= 0.6 is 0 Å². The van der Waals surface area contributed by atoms with E-state index in [-0.39, 0.29) is 5.54 Å². The molecule has 2 nitrogen and oxygen atoms in total. The molecule has 0 aromatic carbocycles. The molecule has 1 radical (unpaired) electrons. The van der Waals surface area contributed by atoms with E-state index in [1.165, 1.54) is 0 Å². The Hall–Kier alpha value is -0.0800. The Morgan fingerprint density at radius 3 is 1.73 bits per heavy atom. The van der Waals surface area contributed by atoms with Crippen molar-refractivity contribution in [3.63, 3.8) is 0 Å². The van der Waals surface area contributed by atoms with Crippen LogP contribution in [0.4, 0.5) is 0 Å². The Bertz CT molecular complexity index is 81.6. The van der Waals surface area contributed by atoms with Crippen molar-refractivity contribution in [2.24, 2.45) is 0 Å². The Morgan fingerprint density at radius 2 is 1.55 bits per heavy atom. The van der Waals surface area contributed by atoms with E-state index in [1.54, 1.807) is 0 Å². The summed E-state index contributed by atoms with van der Waals surface area (Å²) in [4.78, 5) is 0. The molecule has 0 aliphatic rings. The number of nitrogens with zero attached hydrogens (tertiary/aromatic N) is 1. The predicted molar refractivity (Wildman–Crippen MR) is 46.8 cm³/mol. The van der Waals surface area contributed by atoms with E-state index in [9.17, 15) is 0 Å². The van der Waals surface area contributed by atoms with E-state index >= 15 is 0 Å². The first kappa shape index (κ1) is 10.9. The Morgan fingerprint density at radius 1 is 1.09 bits per heavy atom. The van der Waals surface area contributed by atoms with Crippen molar-refractivity contribution in [1.82, 2.24) is 5.48 Å². The summed E-state index contributed by atoms with van der Waals surface area (Å²) in [5.74, 6) is 0. The molecule has 67 valence electrons. The molecular formula is C9H20NO. The van der Waals surface area contributed by atoms with E-state index in [1.807, 2.05) is 0 Å². The molecule has 0 aromatic heterocycles. The summed E-state index contributed by atoms with van der Waals surface area (Å²) in [6, 6.07) is 0. The highest BCUT2D eigenvalue weighted by Crippen LogP contribution is 2.23. The maximum atomic E-state index is 8.86. The molecule has 0 heterocycles. The summed E-state index contributed by atoms with van der Waals surface area (Å²) in [6.45, 7) is 6.35. The number of rotatable bonds is 6. The number of hydrogen-bond donors (Lipinski definition) is 1. The van der Waals surface area contributed by atoms with Crippen LogP contribution < -0.4 is 5.48 Å². The standard InChI is InChI=1S/C9H20NO/c1-4-7-9(6-3,10-11)8-5-2/h11H,4-8H2,1-3H3. The summed E-state index contributed by atoms with van der Waals surface area (Å²) in [5.41, 5.74) is 3.38. The SMILES string of the molecule is CCCC(CC)(CCC)[N]O. The van der Waals surface area contributed by atoms with Crippen LogP contribution in [0.5, 0.6) is 0 Å². The lowest BCUT2D eigenvalue weighted by molar-refractivity contribution is 0.0357. The summed E-state index contributed by atoms with van der Waals surface area (Å²) in [6.07, 6.45) is 5.16. The fourth-order valence-electron chi connectivity index (χ4n) is 1.58. The molecule has 0 rings (SSSR count). The van der Waals surface area contributed by atoms with Crippen molar-refractivity contribution >= 4 is 0 Å². The quantitative estimate of drug-likeness (QED) is 0.592. The zero-order valence-electron chi connectivity index (χ0n) is 7.93. The molecule has 11 heavy (non-hydrogen) atoms. The van der Waals surface area contributed by atoms with Crippen LogP contribution in [0.15, 0.2) is 0 Å². The van der Waals surface area contributed by atoms with E-state index in [2.05, 4.69) is 26.3 Å². The molecule has 0 aliphatic carbocycles. The molecule has 2 heteroatoms. The van der Waals surface area contributed by atoms with Gasteiger partial charge in [-0.3, -0.25) is 5.21 Å². The summed E-state index contributed by atoms with van der Waals surface area (Å²) >= 11 is 0. The number of hydroxylamine groups is 1. The van der Waals surface area contributed by atoms with E-state index in [0.717, 1.165) is 32.1 Å². The molecule has 0 saturated carbocycles. The summed E-state index contributed by atoms with van der Waals surface area (Å²) in [5, 5.41) is 8.86. The minimum Gasteiger partial charge on any atom is -0.296 e. The lowest BCUT2D eigenvalue weighted by Crippen LogP contribution is -2.37. The minimum atomic E-state index is -0.135. The second-order valence-electron chi connectivity index (χ2n) is 3.18. The van der Waals surface area contributed by atoms with Crippen LogP contribution in [0.1, 0.15) is 52.9 Å². The van der Waals surface area contributed by atoms with Gasteiger partial charge in [-0.25, -0.2) is 0 Å². The highest BCUT2D eigenvalue weighted by Gasteiger charge is 2.26. The predicted octanol–water partition coefficient (Wildman–Crippen LogP) is 2.73. The molecule has 0 spiro atoms. The second kappa shape index (κ2) is 5.56. The van der Waals surface area contributed by atoms with Gasteiger partial charge in [0, 0.05) is 0 Å². The molecule has 0 fully saturated rings. The lowest BCUT2D eigenvalue weighted by Gasteiger charge is -2.28. The maximum absolute atomic E-state index is 8.86. The van der Waals surface area contributed by atoms with Gasteiger partial charge in [-0.15, -0.1) is 0 Å². The van der Waals surface area contributed by atoms with Gasteiger partial charge in [0.2, 0.25) is 0 Å². The van der Waals surface area contributed by atoms with Gasteiger partial charge in [-0.2, -0.15) is 0 Å². The minimum absolute atomic E-state index is 0.135. The summed E-state index contributed by atoms with van der Waals surface area (Å²) < 4.78 is 0. The first-order chi connectivity index (χ1) is 5.24. The van der Waals surface area contributed by atoms with Crippen LogP contribution in [0, 0.1) is 0 Å². The average Bonchev–Trinajstić information content (AvgIpc) is 2.04. The fraction of sp³-hybridized carbons (Fsp3) is 1.00. The van der Waals surface area contributed by atoms with Crippen molar-refractivity contribution in [3.05, 3.63) is 0 Å². The molecule has 1 N–H and O–H groups in total. The normalized spacial score (nSPS) is 12.0. The van der Waals surface area contributed by atoms with Crippen molar-refractivity contribution in [1.29, 1.82) is 0 Å². The topological polar surface area (TPSA) is 34.3 Å². The van der Waals surface area contributed by atoms with Gasteiger partial charge in [-0.1, -0.05) is 39.1 Å². The largest absolute Gasteiger partial charge is 0.296 e. The van der Waals surface area contributed by atoms with Crippen molar-refractivity contribution < 1.29 is 5.21 Å². The molecule has 0 atom stereocenters. The zero-order valence-corrected chi connectivity index (χ0v) is 7.93. The summed E-state index contributed by atoms with van der Waals surface area (Å²) in [7, 11) is 0. The molecular weight excluding hydrogens is 138 g/mol. The lowest BCUT2D eigenvalue weighted by atomic mass is 9.87. The van der Waals surface area contributed by atoms with Gasteiger partial charge in [0.15, 0.2) is 0 Å². The van der Waals surface area contributed by atoms with Gasteiger partial charge < -0.3 is 0 Å². The van der Waals surface area contributed by atoms with E-state index in [4.69, 9.17) is 5.21 Å². The van der Waals surface area contributed by atoms with Gasteiger partial charge in [0.1, 0.15) is 0 Å².